The van der Waals surface area contributed by atoms with E-state index in [1.807, 2.05) is 12.1 Å². The van der Waals surface area contributed by atoms with Gasteiger partial charge in [-0.2, -0.15) is 0 Å². The molecule has 126 valence electrons. The number of ether oxygens (including phenoxy) is 1. The number of carbonyl (C=O) groups excluding carboxylic acids is 1. The van der Waals surface area contributed by atoms with Crippen LogP contribution in [0.5, 0.6) is 5.75 Å². The van der Waals surface area contributed by atoms with Crippen LogP contribution >= 0.6 is 0 Å². The van der Waals surface area contributed by atoms with Crippen molar-refractivity contribution >= 4 is 5.91 Å². The Morgan fingerprint density at radius 3 is 2.83 bits per heavy atom. The van der Waals surface area contributed by atoms with Crippen LogP contribution in [-0.2, 0) is 4.79 Å². The molecule has 4 heteroatoms. The smallest absolute Gasteiger partial charge is 0.223 e. The Kier molecular flexibility index (Phi) is 5.21. The van der Waals surface area contributed by atoms with Gasteiger partial charge >= 0.3 is 0 Å². The first-order chi connectivity index (χ1) is 11.1. The molecule has 0 radical (unpaired) electrons. The third-order valence-corrected chi connectivity index (χ3v) is 5.04. The lowest BCUT2D eigenvalue weighted by Gasteiger charge is -2.15. The predicted octanol–water partition coefficient (Wildman–Crippen LogP) is 2.67. The van der Waals surface area contributed by atoms with Crippen LogP contribution in [-0.4, -0.2) is 43.1 Å². The molecule has 23 heavy (non-hydrogen) atoms. The first-order valence-electron chi connectivity index (χ1n) is 8.82. The highest BCUT2D eigenvalue weighted by Crippen LogP contribution is 2.31. The molecule has 2 fully saturated rings. The van der Waals surface area contributed by atoms with E-state index in [0.29, 0.717) is 18.9 Å². The van der Waals surface area contributed by atoms with Crippen molar-refractivity contribution in [2.24, 2.45) is 5.92 Å². The van der Waals surface area contributed by atoms with E-state index in [2.05, 4.69) is 30.1 Å². The van der Waals surface area contributed by atoms with E-state index in [0.717, 1.165) is 24.9 Å². The molecular formula is C19H28N2O2. The van der Waals surface area contributed by atoms with Gasteiger partial charge in [0.05, 0.1) is 13.0 Å². The molecule has 0 aromatic heterocycles. The number of hydrogen-bond acceptors (Lipinski definition) is 3. The largest absolute Gasteiger partial charge is 0.493 e. The highest BCUT2D eigenvalue weighted by Gasteiger charge is 2.34. The summed E-state index contributed by atoms with van der Waals surface area (Å²) in [5.74, 6) is 1.57. The zero-order valence-electron chi connectivity index (χ0n) is 14.3. The van der Waals surface area contributed by atoms with Crippen LogP contribution in [0.4, 0.5) is 0 Å². The Labute approximate surface area is 139 Å². The second-order valence-electron chi connectivity index (χ2n) is 7.03. The fourth-order valence-corrected chi connectivity index (χ4v) is 3.21. The van der Waals surface area contributed by atoms with Crippen LogP contribution in [0.3, 0.4) is 0 Å². The molecule has 1 aliphatic carbocycles. The maximum absolute atomic E-state index is 11.9. The Bertz CT molecular complexity index is 554. The highest BCUT2D eigenvalue weighted by molar-refractivity contribution is 5.76. The first-order valence-corrected chi connectivity index (χ1v) is 8.82. The minimum atomic E-state index is 0.0960. The van der Waals surface area contributed by atoms with Gasteiger partial charge in [-0.1, -0.05) is 6.07 Å². The third-order valence-electron chi connectivity index (χ3n) is 5.04. The zero-order valence-corrected chi connectivity index (χ0v) is 14.3. The molecule has 1 heterocycles. The lowest BCUT2D eigenvalue weighted by molar-refractivity contribution is -0.121. The monoisotopic (exact) mass is 316 g/mol. The van der Waals surface area contributed by atoms with E-state index in [1.165, 1.54) is 36.9 Å². The fourth-order valence-electron chi connectivity index (χ4n) is 3.21. The number of nitrogens with one attached hydrogen (secondary N) is 1. The topological polar surface area (TPSA) is 41.6 Å². The predicted molar refractivity (Wildman–Crippen MR) is 91.7 cm³/mol. The van der Waals surface area contributed by atoms with Crippen molar-refractivity contribution < 1.29 is 9.53 Å². The fraction of sp³-hybridized carbons (Fsp3) is 0.632. The number of carbonyl (C=O) groups is 1. The van der Waals surface area contributed by atoms with E-state index in [1.54, 1.807) is 0 Å². The van der Waals surface area contributed by atoms with Crippen LogP contribution in [0.25, 0.3) is 0 Å². The van der Waals surface area contributed by atoms with Gasteiger partial charge in [0.25, 0.3) is 0 Å². The van der Waals surface area contributed by atoms with Gasteiger partial charge in [0.1, 0.15) is 5.75 Å². The summed E-state index contributed by atoms with van der Waals surface area (Å²) in [6.45, 7) is 7.77. The highest BCUT2D eigenvalue weighted by atomic mass is 16.5. The van der Waals surface area contributed by atoms with E-state index in [9.17, 15) is 4.79 Å². The minimum Gasteiger partial charge on any atom is -0.493 e. The number of benzene rings is 1. The number of hydrogen-bond donors (Lipinski definition) is 1. The summed E-state index contributed by atoms with van der Waals surface area (Å²) in [5, 5.41) is 3.07. The summed E-state index contributed by atoms with van der Waals surface area (Å²) >= 11 is 0. The third kappa shape index (κ3) is 4.71. The summed E-state index contributed by atoms with van der Waals surface area (Å²) in [6, 6.07) is 6.89. The Morgan fingerprint density at radius 2 is 2.09 bits per heavy atom. The summed E-state index contributed by atoms with van der Waals surface area (Å²) in [7, 11) is 0. The molecule has 4 nitrogen and oxygen atoms in total. The normalized spacial score (nSPS) is 21.4. The van der Waals surface area contributed by atoms with Crippen molar-refractivity contribution in [3.63, 3.8) is 0 Å². The molecule has 1 saturated carbocycles. The van der Waals surface area contributed by atoms with E-state index in [-0.39, 0.29) is 5.91 Å². The molecule has 2 aliphatic rings. The van der Waals surface area contributed by atoms with Crippen LogP contribution in [0, 0.1) is 19.8 Å². The molecule has 3 rings (SSSR count). The molecule has 1 atom stereocenters. The SMILES string of the molecule is Cc1ccc(OCCC(=O)NCC2CCN(C3CC3)C2)cc1C. The molecule has 1 amide bonds. The Balaban J connectivity index is 1.31. The summed E-state index contributed by atoms with van der Waals surface area (Å²) in [6.07, 6.45) is 4.38. The summed E-state index contributed by atoms with van der Waals surface area (Å²) < 4.78 is 5.67. The van der Waals surface area contributed by atoms with E-state index < -0.39 is 0 Å². The molecular weight excluding hydrogens is 288 g/mol. The Hall–Kier alpha value is -1.55. The number of likely N-dealkylation sites (tertiary alicyclic amines) is 1. The molecule has 1 aromatic rings. The van der Waals surface area contributed by atoms with Crippen molar-refractivity contribution in [1.82, 2.24) is 10.2 Å². The van der Waals surface area contributed by atoms with Crippen molar-refractivity contribution in [3.8, 4) is 5.75 Å². The van der Waals surface area contributed by atoms with Gasteiger partial charge in [-0.05, 0) is 68.8 Å². The molecule has 1 saturated heterocycles. The number of amides is 1. The first kappa shape index (κ1) is 16.3. The van der Waals surface area contributed by atoms with E-state index in [4.69, 9.17) is 4.74 Å². The summed E-state index contributed by atoms with van der Waals surface area (Å²) in [5.41, 5.74) is 2.47. The molecule has 0 bridgehead atoms. The van der Waals surface area contributed by atoms with Crippen molar-refractivity contribution in [2.45, 2.75) is 45.6 Å². The van der Waals surface area contributed by atoms with Crippen LogP contribution < -0.4 is 10.1 Å². The van der Waals surface area contributed by atoms with Crippen LogP contribution in [0.2, 0.25) is 0 Å². The average molecular weight is 316 g/mol. The van der Waals surface area contributed by atoms with Gasteiger partial charge < -0.3 is 15.0 Å². The molecule has 1 aliphatic heterocycles. The maximum atomic E-state index is 11.9. The lowest BCUT2D eigenvalue weighted by atomic mass is 10.1. The van der Waals surface area contributed by atoms with Gasteiger partial charge in [-0.25, -0.2) is 0 Å². The second-order valence-corrected chi connectivity index (χ2v) is 7.03. The van der Waals surface area contributed by atoms with Gasteiger partial charge in [-0.15, -0.1) is 0 Å². The van der Waals surface area contributed by atoms with Gasteiger partial charge in [0, 0.05) is 19.1 Å². The van der Waals surface area contributed by atoms with Crippen LogP contribution in [0.15, 0.2) is 18.2 Å². The van der Waals surface area contributed by atoms with Gasteiger partial charge in [-0.3, -0.25) is 4.79 Å². The Morgan fingerprint density at radius 1 is 1.26 bits per heavy atom. The van der Waals surface area contributed by atoms with Crippen molar-refractivity contribution in [3.05, 3.63) is 29.3 Å². The quantitative estimate of drug-likeness (QED) is 0.841. The molecule has 1 aromatic carbocycles. The molecule has 1 unspecified atom stereocenters. The number of nitrogens with zero attached hydrogens (tertiary/aromatic N) is 1. The summed E-state index contributed by atoms with van der Waals surface area (Å²) in [4.78, 5) is 14.5. The zero-order chi connectivity index (χ0) is 16.2. The van der Waals surface area contributed by atoms with Gasteiger partial charge in [0.15, 0.2) is 0 Å². The maximum Gasteiger partial charge on any atom is 0.223 e. The van der Waals surface area contributed by atoms with Gasteiger partial charge in [0.2, 0.25) is 5.91 Å². The number of aryl methyl sites for hydroxylation is 2. The standard InChI is InChI=1S/C19H28N2O2/c1-14-3-6-18(11-15(14)2)23-10-8-19(22)20-12-16-7-9-21(13-16)17-4-5-17/h3,6,11,16-17H,4-5,7-10,12-13H2,1-2H3,(H,20,22). The minimum absolute atomic E-state index is 0.0960. The van der Waals surface area contributed by atoms with Crippen LogP contribution in [0.1, 0.15) is 36.8 Å². The molecule has 1 N–H and O–H groups in total. The second kappa shape index (κ2) is 7.35. The average Bonchev–Trinajstić information content (AvgIpc) is 3.28. The van der Waals surface area contributed by atoms with E-state index >= 15 is 0 Å². The van der Waals surface area contributed by atoms with Crippen molar-refractivity contribution in [2.75, 3.05) is 26.2 Å². The molecule has 0 spiro atoms. The lowest BCUT2D eigenvalue weighted by Crippen LogP contribution is -2.32. The number of rotatable bonds is 7. The van der Waals surface area contributed by atoms with Crippen molar-refractivity contribution in [1.29, 1.82) is 0 Å².